The average molecular weight is 427 g/mol. The topological polar surface area (TPSA) is 99.9 Å². The van der Waals surface area contributed by atoms with E-state index in [4.69, 9.17) is 4.42 Å². The number of nitrogens with one attached hydrogen (secondary N) is 1. The largest absolute Gasteiger partial charge is 0.446 e. The molecule has 0 bridgehead atoms. The Kier molecular flexibility index (Phi) is 4.67. The molecule has 1 fully saturated rings. The molecule has 1 aliphatic heterocycles. The van der Waals surface area contributed by atoms with E-state index in [-0.39, 0.29) is 17.4 Å². The summed E-state index contributed by atoms with van der Waals surface area (Å²) in [5.74, 6) is -0.238. The Hall–Kier alpha value is -3.17. The molecule has 0 aliphatic carbocycles. The number of imide groups is 1. The lowest BCUT2D eigenvalue weighted by Gasteiger charge is -2.22. The third kappa shape index (κ3) is 3.16. The highest BCUT2D eigenvalue weighted by molar-refractivity contribution is 7.88. The number of sulfonamides is 1. The SMILES string of the molecule is CN(C)S(=O)(=O)c1ccc(CN2C(=O)NC(C)(c3ccc4ccccc4c3)C2=O)o1. The van der Waals surface area contributed by atoms with E-state index >= 15 is 0 Å². The highest BCUT2D eigenvalue weighted by Gasteiger charge is 2.49. The molecule has 2 aromatic carbocycles. The van der Waals surface area contributed by atoms with E-state index in [9.17, 15) is 18.0 Å². The molecule has 1 aliphatic rings. The van der Waals surface area contributed by atoms with Crippen LogP contribution in [0.25, 0.3) is 10.8 Å². The smallest absolute Gasteiger partial charge is 0.325 e. The molecule has 30 heavy (non-hydrogen) atoms. The molecular formula is C21H21N3O5S. The average Bonchev–Trinajstić information content (AvgIpc) is 3.27. The number of furan rings is 1. The zero-order valence-corrected chi connectivity index (χ0v) is 17.6. The molecule has 3 aromatic rings. The van der Waals surface area contributed by atoms with Crippen LogP contribution in [0.15, 0.2) is 64.1 Å². The van der Waals surface area contributed by atoms with Crippen molar-refractivity contribution in [2.45, 2.75) is 24.1 Å². The van der Waals surface area contributed by atoms with Crippen LogP contribution in [0.5, 0.6) is 0 Å². The van der Waals surface area contributed by atoms with Gasteiger partial charge in [-0.2, -0.15) is 0 Å². The highest BCUT2D eigenvalue weighted by Crippen LogP contribution is 2.32. The zero-order chi connectivity index (χ0) is 21.7. The van der Waals surface area contributed by atoms with Crippen molar-refractivity contribution in [3.05, 3.63) is 65.9 Å². The van der Waals surface area contributed by atoms with Crippen LogP contribution in [0.2, 0.25) is 0 Å². The molecule has 156 valence electrons. The van der Waals surface area contributed by atoms with Crippen LogP contribution in [0.3, 0.4) is 0 Å². The summed E-state index contributed by atoms with van der Waals surface area (Å²) in [6.45, 7) is 1.48. The van der Waals surface area contributed by atoms with Crippen LogP contribution in [0, 0.1) is 0 Å². The molecule has 2 heterocycles. The monoisotopic (exact) mass is 427 g/mol. The van der Waals surface area contributed by atoms with Crippen molar-refractivity contribution in [3.8, 4) is 0 Å². The summed E-state index contributed by atoms with van der Waals surface area (Å²) < 4.78 is 30.8. The van der Waals surface area contributed by atoms with Crippen LogP contribution < -0.4 is 5.32 Å². The normalized spacial score (nSPS) is 19.7. The van der Waals surface area contributed by atoms with Crippen LogP contribution in [0.4, 0.5) is 4.79 Å². The van der Waals surface area contributed by atoms with Gasteiger partial charge in [-0.1, -0.05) is 36.4 Å². The molecule has 3 amide bonds. The van der Waals surface area contributed by atoms with Crippen molar-refractivity contribution in [1.82, 2.24) is 14.5 Å². The first kappa shape index (κ1) is 20.1. The number of hydrogen-bond donors (Lipinski definition) is 1. The fraction of sp³-hybridized carbons (Fsp3) is 0.238. The van der Waals surface area contributed by atoms with Gasteiger partial charge in [-0.3, -0.25) is 9.69 Å². The lowest BCUT2D eigenvalue weighted by atomic mass is 9.90. The first-order valence-corrected chi connectivity index (χ1v) is 10.7. The van der Waals surface area contributed by atoms with Crippen molar-refractivity contribution in [1.29, 1.82) is 0 Å². The van der Waals surface area contributed by atoms with Crippen molar-refractivity contribution in [2.75, 3.05) is 14.1 Å². The summed E-state index contributed by atoms with van der Waals surface area (Å²) in [6.07, 6.45) is 0. The third-order valence-corrected chi connectivity index (χ3v) is 6.98. The second-order valence-corrected chi connectivity index (χ2v) is 9.60. The summed E-state index contributed by atoms with van der Waals surface area (Å²) in [4.78, 5) is 26.8. The predicted octanol–water partition coefficient (Wildman–Crippen LogP) is 2.65. The summed E-state index contributed by atoms with van der Waals surface area (Å²) >= 11 is 0. The Morgan fingerprint density at radius 3 is 2.43 bits per heavy atom. The minimum absolute atomic E-state index is 0.170. The maximum absolute atomic E-state index is 13.2. The maximum atomic E-state index is 13.2. The van der Waals surface area contributed by atoms with Gasteiger partial charge in [-0.15, -0.1) is 0 Å². The quantitative estimate of drug-likeness (QED) is 0.631. The maximum Gasteiger partial charge on any atom is 0.325 e. The van der Waals surface area contributed by atoms with Gasteiger partial charge in [0.25, 0.3) is 15.9 Å². The molecule has 0 saturated carbocycles. The number of fused-ring (bicyclic) bond motifs is 1. The Balaban J connectivity index is 1.62. The number of carbonyl (C=O) groups is 2. The van der Waals surface area contributed by atoms with Gasteiger partial charge in [0.05, 0.1) is 6.54 Å². The molecular weight excluding hydrogens is 406 g/mol. The highest BCUT2D eigenvalue weighted by atomic mass is 32.2. The molecule has 9 heteroatoms. The van der Waals surface area contributed by atoms with E-state index in [0.29, 0.717) is 5.56 Å². The van der Waals surface area contributed by atoms with Crippen LogP contribution in [-0.2, 0) is 26.9 Å². The molecule has 1 N–H and O–H groups in total. The second kappa shape index (κ2) is 6.96. The number of carbonyl (C=O) groups excluding carboxylic acids is 2. The lowest BCUT2D eigenvalue weighted by Crippen LogP contribution is -2.40. The molecule has 1 saturated heterocycles. The van der Waals surface area contributed by atoms with E-state index in [2.05, 4.69) is 5.32 Å². The number of amides is 3. The van der Waals surface area contributed by atoms with Gasteiger partial charge in [0, 0.05) is 14.1 Å². The number of urea groups is 1. The molecule has 1 aromatic heterocycles. The van der Waals surface area contributed by atoms with Crippen molar-refractivity contribution < 1.29 is 22.4 Å². The Morgan fingerprint density at radius 1 is 1.03 bits per heavy atom. The van der Waals surface area contributed by atoms with E-state index in [0.717, 1.165) is 20.0 Å². The summed E-state index contributed by atoms with van der Waals surface area (Å²) in [5.41, 5.74) is -0.566. The standard InChI is InChI=1S/C21H21N3O5S/c1-21(16-9-8-14-6-4-5-7-15(14)12-16)19(25)24(20(26)22-21)13-17-10-11-18(29-17)30(27,28)23(2)3/h4-12H,13H2,1-3H3,(H,22,26). The number of rotatable bonds is 5. The minimum atomic E-state index is -3.74. The molecule has 4 rings (SSSR count). The summed E-state index contributed by atoms with van der Waals surface area (Å²) in [6, 6.07) is 15.6. The number of benzene rings is 2. The van der Waals surface area contributed by atoms with E-state index < -0.39 is 27.5 Å². The van der Waals surface area contributed by atoms with Gasteiger partial charge in [0.1, 0.15) is 11.3 Å². The van der Waals surface area contributed by atoms with E-state index in [1.54, 1.807) is 6.92 Å². The Labute approximate surface area is 174 Å². The zero-order valence-electron chi connectivity index (χ0n) is 16.7. The summed E-state index contributed by atoms with van der Waals surface area (Å²) in [7, 11) is -0.955. The predicted molar refractivity (Wildman–Crippen MR) is 110 cm³/mol. The Morgan fingerprint density at radius 2 is 1.73 bits per heavy atom. The summed E-state index contributed by atoms with van der Waals surface area (Å²) in [5, 5.41) is 4.50. The molecule has 8 nitrogen and oxygen atoms in total. The van der Waals surface area contributed by atoms with Gasteiger partial charge < -0.3 is 9.73 Å². The lowest BCUT2D eigenvalue weighted by molar-refractivity contribution is -0.131. The second-order valence-electron chi connectivity index (χ2n) is 7.52. The van der Waals surface area contributed by atoms with Crippen molar-refractivity contribution in [3.63, 3.8) is 0 Å². The van der Waals surface area contributed by atoms with Gasteiger partial charge in [0.15, 0.2) is 0 Å². The first-order valence-electron chi connectivity index (χ1n) is 9.27. The van der Waals surface area contributed by atoms with Gasteiger partial charge in [-0.25, -0.2) is 17.5 Å². The van der Waals surface area contributed by atoms with Gasteiger partial charge in [-0.05, 0) is 41.5 Å². The third-order valence-electron chi connectivity index (χ3n) is 5.29. The van der Waals surface area contributed by atoms with Gasteiger partial charge in [0.2, 0.25) is 5.09 Å². The fourth-order valence-corrected chi connectivity index (χ4v) is 4.27. The van der Waals surface area contributed by atoms with Gasteiger partial charge >= 0.3 is 6.03 Å². The molecule has 1 atom stereocenters. The minimum Gasteiger partial charge on any atom is -0.446 e. The van der Waals surface area contributed by atoms with Crippen molar-refractivity contribution in [2.24, 2.45) is 0 Å². The molecule has 0 radical (unpaired) electrons. The number of hydrogen-bond acceptors (Lipinski definition) is 5. The van der Waals surface area contributed by atoms with Crippen LogP contribution in [0.1, 0.15) is 18.2 Å². The first-order chi connectivity index (χ1) is 14.1. The van der Waals surface area contributed by atoms with Crippen LogP contribution >= 0.6 is 0 Å². The molecule has 0 spiro atoms. The van der Waals surface area contributed by atoms with E-state index in [1.165, 1.54) is 26.2 Å². The van der Waals surface area contributed by atoms with Crippen molar-refractivity contribution >= 4 is 32.7 Å². The fourth-order valence-electron chi connectivity index (χ4n) is 3.45. The van der Waals surface area contributed by atoms with E-state index in [1.807, 2.05) is 42.5 Å². The van der Waals surface area contributed by atoms with Crippen LogP contribution in [-0.4, -0.2) is 43.7 Å². The number of nitrogens with zero attached hydrogens (tertiary/aromatic N) is 2. The molecule has 1 unspecified atom stereocenters. The Bertz CT molecular complexity index is 1260.